The zero-order valence-electron chi connectivity index (χ0n) is 12.3. The molecule has 0 amide bonds. The van der Waals surface area contributed by atoms with Gasteiger partial charge in [-0.1, -0.05) is 54.6 Å². The number of rotatable bonds is 0. The molecule has 23 heavy (non-hydrogen) atoms. The van der Waals surface area contributed by atoms with Crippen LogP contribution < -0.4 is 0 Å². The Morgan fingerprint density at radius 2 is 1.22 bits per heavy atom. The Labute approximate surface area is 132 Å². The Bertz CT molecular complexity index is 1350. The Morgan fingerprint density at radius 3 is 2.04 bits per heavy atom. The molecule has 0 spiro atoms. The first-order valence-electron chi connectivity index (χ1n) is 7.87. The van der Waals surface area contributed by atoms with Gasteiger partial charge in [0, 0.05) is 10.8 Å². The van der Waals surface area contributed by atoms with Crippen molar-refractivity contribution in [1.29, 1.82) is 0 Å². The third-order valence-electron chi connectivity index (χ3n) is 5.06. The van der Waals surface area contributed by atoms with Crippen molar-refractivity contribution in [2.45, 2.75) is 0 Å². The molecule has 1 aromatic heterocycles. The molecule has 0 aliphatic heterocycles. The van der Waals surface area contributed by atoms with Crippen LogP contribution in [0.15, 0.2) is 77.4 Å². The van der Waals surface area contributed by atoms with Gasteiger partial charge in [-0.2, -0.15) is 0 Å². The van der Waals surface area contributed by atoms with Crippen LogP contribution >= 0.6 is 0 Å². The Kier molecular flexibility index (Phi) is 1.91. The maximum absolute atomic E-state index is 5.72. The standard InChI is InChI=1S/C22H12O/c1-4-13-5-2-9-18-20(13)15(7-1)16-8-3-6-14-12-19-17(10-11-23-19)22(18)21(14)16/h1-12H. The van der Waals surface area contributed by atoms with Gasteiger partial charge in [0.25, 0.3) is 0 Å². The maximum atomic E-state index is 5.72. The van der Waals surface area contributed by atoms with Crippen LogP contribution in [0.25, 0.3) is 54.1 Å². The topological polar surface area (TPSA) is 13.1 Å². The lowest BCUT2D eigenvalue weighted by atomic mass is 9.88. The summed E-state index contributed by atoms with van der Waals surface area (Å²) < 4.78 is 5.72. The predicted octanol–water partition coefficient (Wildman–Crippen LogP) is 6.48. The smallest absolute Gasteiger partial charge is 0.135 e. The van der Waals surface area contributed by atoms with Gasteiger partial charge in [0.15, 0.2) is 0 Å². The van der Waals surface area contributed by atoms with Crippen molar-refractivity contribution < 1.29 is 4.42 Å². The zero-order chi connectivity index (χ0) is 15.0. The van der Waals surface area contributed by atoms with Crippen molar-refractivity contribution in [2.75, 3.05) is 0 Å². The molecule has 1 heteroatoms. The summed E-state index contributed by atoms with van der Waals surface area (Å²) in [6.07, 6.45) is 1.79. The molecule has 0 unspecified atom stereocenters. The SMILES string of the molecule is c1cc2cccc3c2c(c1)c1cccc2cc4occc4c3c21. The van der Waals surface area contributed by atoms with Gasteiger partial charge in [-0.05, 0) is 49.8 Å². The molecule has 0 atom stereocenters. The molecule has 1 heterocycles. The number of hydrogen-bond donors (Lipinski definition) is 0. The largest absolute Gasteiger partial charge is 0.464 e. The van der Waals surface area contributed by atoms with Gasteiger partial charge in [-0.15, -0.1) is 0 Å². The van der Waals surface area contributed by atoms with Crippen molar-refractivity contribution >= 4 is 54.1 Å². The molecule has 1 nitrogen and oxygen atoms in total. The Morgan fingerprint density at radius 1 is 0.522 bits per heavy atom. The summed E-state index contributed by atoms with van der Waals surface area (Å²) in [4.78, 5) is 0. The van der Waals surface area contributed by atoms with Crippen molar-refractivity contribution in [2.24, 2.45) is 0 Å². The predicted molar refractivity (Wildman–Crippen MR) is 97.4 cm³/mol. The van der Waals surface area contributed by atoms with E-state index in [2.05, 4.69) is 66.7 Å². The lowest BCUT2D eigenvalue weighted by Gasteiger charge is -2.14. The van der Waals surface area contributed by atoms with Gasteiger partial charge >= 0.3 is 0 Å². The minimum atomic E-state index is 0.959. The Hall–Kier alpha value is -3.06. The molecule has 6 rings (SSSR count). The van der Waals surface area contributed by atoms with E-state index in [4.69, 9.17) is 4.42 Å². The molecule has 0 bridgehead atoms. The van der Waals surface area contributed by atoms with Crippen LogP contribution in [0.1, 0.15) is 0 Å². The summed E-state index contributed by atoms with van der Waals surface area (Å²) in [6.45, 7) is 0. The lowest BCUT2D eigenvalue weighted by molar-refractivity contribution is 0.616. The maximum Gasteiger partial charge on any atom is 0.135 e. The molecule has 0 aliphatic rings. The van der Waals surface area contributed by atoms with Crippen LogP contribution in [0.3, 0.4) is 0 Å². The highest BCUT2D eigenvalue weighted by Crippen LogP contribution is 2.43. The summed E-state index contributed by atoms with van der Waals surface area (Å²) >= 11 is 0. The number of fused-ring (bicyclic) bond motifs is 4. The van der Waals surface area contributed by atoms with E-state index in [0.717, 1.165) is 5.58 Å². The quantitative estimate of drug-likeness (QED) is 0.230. The fraction of sp³-hybridized carbons (Fsp3) is 0. The normalized spacial score (nSPS) is 12.3. The van der Waals surface area contributed by atoms with Crippen LogP contribution in [0.4, 0.5) is 0 Å². The van der Waals surface area contributed by atoms with Crippen molar-refractivity contribution in [3.63, 3.8) is 0 Å². The molecule has 0 aliphatic carbocycles. The van der Waals surface area contributed by atoms with Gasteiger partial charge in [-0.3, -0.25) is 0 Å². The molecule has 0 saturated heterocycles. The third-order valence-corrected chi connectivity index (χ3v) is 5.06. The number of hydrogen-bond acceptors (Lipinski definition) is 1. The Balaban J connectivity index is 2.16. The minimum absolute atomic E-state index is 0.959. The number of benzene rings is 5. The van der Waals surface area contributed by atoms with Crippen molar-refractivity contribution in [3.05, 3.63) is 73.0 Å². The van der Waals surface area contributed by atoms with E-state index in [-0.39, 0.29) is 0 Å². The van der Waals surface area contributed by atoms with Crippen molar-refractivity contribution in [1.82, 2.24) is 0 Å². The molecular formula is C22H12O. The molecule has 0 radical (unpaired) electrons. The van der Waals surface area contributed by atoms with E-state index in [0.29, 0.717) is 0 Å². The molecule has 5 aromatic carbocycles. The first-order chi connectivity index (χ1) is 11.4. The zero-order valence-corrected chi connectivity index (χ0v) is 12.3. The molecule has 0 N–H and O–H groups in total. The average molecular weight is 292 g/mol. The van der Waals surface area contributed by atoms with Crippen molar-refractivity contribution in [3.8, 4) is 0 Å². The van der Waals surface area contributed by atoms with Gasteiger partial charge < -0.3 is 4.42 Å². The van der Waals surface area contributed by atoms with E-state index < -0.39 is 0 Å². The second kappa shape index (κ2) is 3.82. The van der Waals surface area contributed by atoms with E-state index in [1.165, 1.54) is 48.5 Å². The fourth-order valence-corrected chi connectivity index (χ4v) is 4.16. The first kappa shape index (κ1) is 11.5. The number of furan rings is 1. The van der Waals surface area contributed by atoms with Gasteiger partial charge in [0.2, 0.25) is 0 Å². The highest BCUT2D eigenvalue weighted by molar-refractivity contribution is 6.37. The van der Waals surface area contributed by atoms with E-state index in [9.17, 15) is 0 Å². The summed E-state index contributed by atoms with van der Waals surface area (Å²) in [7, 11) is 0. The monoisotopic (exact) mass is 292 g/mol. The van der Waals surface area contributed by atoms with Crippen LogP contribution in [0.5, 0.6) is 0 Å². The highest BCUT2D eigenvalue weighted by Gasteiger charge is 2.15. The van der Waals surface area contributed by atoms with E-state index in [1.807, 2.05) is 0 Å². The molecule has 0 fully saturated rings. The average Bonchev–Trinajstić information content (AvgIpc) is 3.06. The van der Waals surface area contributed by atoms with Crippen LogP contribution in [-0.2, 0) is 0 Å². The molecule has 0 saturated carbocycles. The summed E-state index contributed by atoms with van der Waals surface area (Å²) in [5.41, 5.74) is 0.959. The van der Waals surface area contributed by atoms with Crippen LogP contribution in [0, 0.1) is 0 Å². The molecular weight excluding hydrogens is 280 g/mol. The first-order valence-corrected chi connectivity index (χ1v) is 7.87. The summed E-state index contributed by atoms with van der Waals surface area (Å²) in [5, 5.41) is 11.7. The molecule has 6 aromatic rings. The van der Waals surface area contributed by atoms with Gasteiger partial charge in [-0.25, -0.2) is 0 Å². The van der Waals surface area contributed by atoms with Gasteiger partial charge in [0.05, 0.1) is 6.26 Å². The van der Waals surface area contributed by atoms with E-state index >= 15 is 0 Å². The minimum Gasteiger partial charge on any atom is -0.464 e. The fourth-order valence-electron chi connectivity index (χ4n) is 4.16. The van der Waals surface area contributed by atoms with Crippen LogP contribution in [0.2, 0.25) is 0 Å². The highest BCUT2D eigenvalue weighted by atomic mass is 16.3. The summed E-state index contributed by atoms with van der Waals surface area (Å²) in [6, 6.07) is 24.0. The summed E-state index contributed by atoms with van der Waals surface area (Å²) in [5.74, 6) is 0. The molecule has 106 valence electrons. The van der Waals surface area contributed by atoms with E-state index in [1.54, 1.807) is 6.26 Å². The lowest BCUT2D eigenvalue weighted by Crippen LogP contribution is -1.87. The second-order valence-electron chi connectivity index (χ2n) is 6.20. The van der Waals surface area contributed by atoms with Gasteiger partial charge in [0.1, 0.15) is 5.58 Å². The third kappa shape index (κ3) is 1.29. The second-order valence-corrected chi connectivity index (χ2v) is 6.20. The van der Waals surface area contributed by atoms with Crippen LogP contribution in [-0.4, -0.2) is 0 Å².